The molecule has 0 unspecified atom stereocenters. The molecule has 0 aliphatic rings. The van der Waals surface area contributed by atoms with Crippen LogP contribution in [0.1, 0.15) is 5.56 Å². The summed E-state index contributed by atoms with van der Waals surface area (Å²) >= 11 is 5.83. The number of amides is 2. The van der Waals surface area contributed by atoms with Gasteiger partial charge in [-0.1, -0.05) is 17.7 Å². The largest absolute Gasteiger partial charge is 0.496 e. The Labute approximate surface area is 126 Å². The predicted octanol–water partition coefficient (Wildman–Crippen LogP) is 3.81. The number of rotatable bonds is 4. The summed E-state index contributed by atoms with van der Waals surface area (Å²) < 4.78 is 18.3. The molecule has 0 atom stereocenters. The van der Waals surface area contributed by atoms with Crippen LogP contribution in [-0.2, 0) is 6.54 Å². The van der Waals surface area contributed by atoms with Crippen LogP contribution in [-0.4, -0.2) is 13.1 Å². The molecule has 0 saturated heterocycles. The van der Waals surface area contributed by atoms with Crippen LogP contribution in [0.3, 0.4) is 0 Å². The number of benzene rings is 2. The Morgan fingerprint density at radius 1 is 1.29 bits per heavy atom. The Morgan fingerprint density at radius 3 is 2.81 bits per heavy atom. The van der Waals surface area contributed by atoms with E-state index in [1.807, 2.05) is 0 Å². The summed E-state index contributed by atoms with van der Waals surface area (Å²) in [4.78, 5) is 11.8. The van der Waals surface area contributed by atoms with E-state index in [2.05, 4.69) is 10.6 Å². The Balaban J connectivity index is 1.96. The molecule has 0 radical (unpaired) electrons. The Morgan fingerprint density at radius 2 is 2.10 bits per heavy atom. The number of carbonyl (C=O) groups excluding carboxylic acids is 1. The van der Waals surface area contributed by atoms with Gasteiger partial charge >= 0.3 is 6.03 Å². The van der Waals surface area contributed by atoms with Gasteiger partial charge in [-0.3, -0.25) is 0 Å². The minimum Gasteiger partial charge on any atom is -0.496 e. The third-order valence-corrected chi connectivity index (χ3v) is 3.00. The first-order valence-electron chi connectivity index (χ1n) is 6.21. The highest BCUT2D eigenvalue weighted by Crippen LogP contribution is 2.19. The summed E-state index contributed by atoms with van der Waals surface area (Å²) in [5.41, 5.74) is 1.13. The van der Waals surface area contributed by atoms with Gasteiger partial charge in [-0.25, -0.2) is 9.18 Å². The summed E-state index contributed by atoms with van der Waals surface area (Å²) in [7, 11) is 1.49. The Kier molecular flexibility index (Phi) is 5.00. The van der Waals surface area contributed by atoms with E-state index in [0.29, 0.717) is 22.0 Å². The molecule has 0 spiro atoms. The Bertz CT molecular complexity index is 649. The van der Waals surface area contributed by atoms with Crippen LogP contribution in [0, 0.1) is 5.82 Å². The second-order valence-electron chi connectivity index (χ2n) is 4.27. The topological polar surface area (TPSA) is 50.4 Å². The van der Waals surface area contributed by atoms with Crippen LogP contribution >= 0.6 is 11.6 Å². The summed E-state index contributed by atoms with van der Waals surface area (Å²) in [5, 5.41) is 5.79. The average molecular weight is 309 g/mol. The third-order valence-electron chi connectivity index (χ3n) is 2.76. The standard InChI is InChI=1S/C15H14ClFN2O2/c1-21-14-6-5-12(17)7-10(14)9-18-15(20)19-13-4-2-3-11(16)8-13/h2-8H,9H2,1H3,(H2,18,19,20). The predicted molar refractivity (Wildman–Crippen MR) is 80.3 cm³/mol. The van der Waals surface area contributed by atoms with Gasteiger partial charge < -0.3 is 15.4 Å². The first kappa shape index (κ1) is 15.1. The molecular formula is C15H14ClFN2O2. The molecule has 4 nitrogen and oxygen atoms in total. The molecule has 0 fully saturated rings. The van der Waals surface area contributed by atoms with Gasteiger partial charge in [0.2, 0.25) is 0 Å². The minimum absolute atomic E-state index is 0.146. The highest BCUT2D eigenvalue weighted by molar-refractivity contribution is 6.30. The third kappa shape index (κ3) is 4.36. The van der Waals surface area contributed by atoms with Crippen LogP contribution in [0.4, 0.5) is 14.9 Å². The number of hydrogen-bond acceptors (Lipinski definition) is 2. The van der Waals surface area contributed by atoms with Crippen molar-refractivity contribution in [3.8, 4) is 5.75 Å². The number of nitrogens with one attached hydrogen (secondary N) is 2. The SMILES string of the molecule is COc1ccc(F)cc1CNC(=O)Nc1cccc(Cl)c1. The van der Waals surface area contributed by atoms with Gasteiger partial charge in [0.1, 0.15) is 11.6 Å². The lowest BCUT2D eigenvalue weighted by molar-refractivity contribution is 0.251. The number of anilines is 1. The molecule has 0 aliphatic carbocycles. The lowest BCUT2D eigenvalue weighted by Gasteiger charge is -2.11. The molecule has 2 N–H and O–H groups in total. The molecule has 2 aromatic carbocycles. The fourth-order valence-corrected chi connectivity index (χ4v) is 1.99. The maximum atomic E-state index is 13.2. The van der Waals surface area contributed by atoms with Gasteiger partial charge in [0.15, 0.2) is 0 Å². The lowest BCUT2D eigenvalue weighted by atomic mass is 10.2. The van der Waals surface area contributed by atoms with Crippen LogP contribution in [0.5, 0.6) is 5.75 Å². The van der Waals surface area contributed by atoms with Gasteiger partial charge in [-0.15, -0.1) is 0 Å². The number of hydrogen-bond donors (Lipinski definition) is 2. The van der Waals surface area contributed by atoms with Crippen molar-refractivity contribution in [2.24, 2.45) is 0 Å². The summed E-state index contributed by atoms with van der Waals surface area (Å²) in [6.07, 6.45) is 0. The number of halogens is 2. The van der Waals surface area contributed by atoms with Crippen LogP contribution in [0.25, 0.3) is 0 Å². The molecule has 2 rings (SSSR count). The number of methoxy groups -OCH3 is 1. The van der Waals surface area contributed by atoms with E-state index in [0.717, 1.165) is 0 Å². The molecule has 2 amide bonds. The van der Waals surface area contributed by atoms with Crippen LogP contribution in [0.2, 0.25) is 5.02 Å². The molecule has 0 bridgehead atoms. The maximum absolute atomic E-state index is 13.2. The van der Waals surface area contributed by atoms with Crippen LogP contribution in [0.15, 0.2) is 42.5 Å². The maximum Gasteiger partial charge on any atom is 0.319 e. The highest BCUT2D eigenvalue weighted by Gasteiger charge is 2.07. The molecule has 0 saturated carbocycles. The normalized spacial score (nSPS) is 10.0. The smallest absolute Gasteiger partial charge is 0.319 e. The fourth-order valence-electron chi connectivity index (χ4n) is 1.80. The summed E-state index contributed by atoms with van der Waals surface area (Å²) in [6.45, 7) is 0.146. The van der Waals surface area contributed by atoms with Crippen molar-refractivity contribution in [1.29, 1.82) is 0 Å². The van der Waals surface area contributed by atoms with Gasteiger partial charge in [0.05, 0.1) is 7.11 Å². The van der Waals surface area contributed by atoms with E-state index < -0.39 is 6.03 Å². The molecule has 0 heterocycles. The van der Waals surface area contributed by atoms with E-state index >= 15 is 0 Å². The van der Waals surface area contributed by atoms with Crippen molar-refractivity contribution >= 4 is 23.3 Å². The lowest BCUT2D eigenvalue weighted by Crippen LogP contribution is -2.28. The van der Waals surface area contributed by atoms with Gasteiger partial charge in [0, 0.05) is 22.8 Å². The average Bonchev–Trinajstić information content (AvgIpc) is 2.45. The van der Waals surface area contributed by atoms with Crippen LogP contribution < -0.4 is 15.4 Å². The van der Waals surface area contributed by atoms with E-state index in [1.165, 1.54) is 25.3 Å². The zero-order chi connectivity index (χ0) is 15.2. The second kappa shape index (κ2) is 6.95. The molecule has 21 heavy (non-hydrogen) atoms. The van der Waals surface area contributed by atoms with E-state index in [9.17, 15) is 9.18 Å². The zero-order valence-corrected chi connectivity index (χ0v) is 12.1. The summed E-state index contributed by atoms with van der Waals surface area (Å²) in [5.74, 6) is 0.127. The van der Waals surface area contributed by atoms with E-state index in [-0.39, 0.29) is 12.4 Å². The van der Waals surface area contributed by atoms with Crippen molar-refractivity contribution in [3.05, 3.63) is 58.9 Å². The second-order valence-corrected chi connectivity index (χ2v) is 4.71. The number of ether oxygens (including phenoxy) is 1. The Hall–Kier alpha value is -2.27. The van der Waals surface area contributed by atoms with Crippen molar-refractivity contribution in [2.75, 3.05) is 12.4 Å². The monoisotopic (exact) mass is 308 g/mol. The van der Waals surface area contributed by atoms with Crippen molar-refractivity contribution in [2.45, 2.75) is 6.54 Å². The molecule has 6 heteroatoms. The van der Waals surface area contributed by atoms with Gasteiger partial charge in [-0.05, 0) is 36.4 Å². The van der Waals surface area contributed by atoms with Crippen molar-refractivity contribution < 1.29 is 13.9 Å². The highest BCUT2D eigenvalue weighted by atomic mass is 35.5. The van der Waals surface area contributed by atoms with E-state index in [1.54, 1.807) is 24.3 Å². The fraction of sp³-hybridized carbons (Fsp3) is 0.133. The quantitative estimate of drug-likeness (QED) is 0.902. The molecule has 0 aliphatic heterocycles. The van der Waals surface area contributed by atoms with Gasteiger partial charge in [-0.2, -0.15) is 0 Å². The minimum atomic E-state index is -0.413. The first-order chi connectivity index (χ1) is 10.1. The van der Waals surface area contributed by atoms with Gasteiger partial charge in [0.25, 0.3) is 0 Å². The molecular weight excluding hydrogens is 295 g/mol. The van der Waals surface area contributed by atoms with Crippen molar-refractivity contribution in [3.63, 3.8) is 0 Å². The molecule has 110 valence electrons. The van der Waals surface area contributed by atoms with E-state index in [4.69, 9.17) is 16.3 Å². The molecule has 2 aromatic rings. The number of carbonyl (C=O) groups is 1. The first-order valence-corrected chi connectivity index (χ1v) is 6.59. The zero-order valence-electron chi connectivity index (χ0n) is 11.3. The summed E-state index contributed by atoms with van der Waals surface area (Å²) in [6, 6.07) is 10.5. The molecule has 0 aromatic heterocycles. The van der Waals surface area contributed by atoms with Crippen molar-refractivity contribution in [1.82, 2.24) is 5.32 Å². The number of urea groups is 1.